The van der Waals surface area contributed by atoms with Gasteiger partial charge in [-0.25, -0.2) is 0 Å². The summed E-state index contributed by atoms with van der Waals surface area (Å²) in [6.07, 6.45) is 0. The first-order valence-corrected chi connectivity index (χ1v) is 6.91. The number of carbonyl (C=O) groups excluding carboxylic acids is 1. The molecule has 0 aliphatic heterocycles. The molecule has 2 heterocycles. The monoisotopic (exact) mass is 282 g/mol. The maximum atomic E-state index is 11.9. The molecule has 0 saturated heterocycles. The Morgan fingerprint density at radius 1 is 1.50 bits per heavy atom. The van der Waals surface area contributed by atoms with Crippen LogP contribution in [0.15, 0.2) is 29.0 Å². The smallest absolute Gasteiger partial charge is 0.324 e. The number of rotatable bonds is 4. The quantitative estimate of drug-likeness (QED) is 0.691. The van der Waals surface area contributed by atoms with Crippen LogP contribution in [0, 0.1) is 10.1 Å². The van der Waals surface area contributed by atoms with Crippen molar-refractivity contribution in [1.82, 2.24) is 5.32 Å². The molecule has 0 unspecified atom stereocenters. The van der Waals surface area contributed by atoms with Gasteiger partial charge in [-0.05, 0) is 18.4 Å². The molecular weight excluding hydrogens is 272 g/mol. The Balaban J connectivity index is 2.05. The number of amides is 1. The summed E-state index contributed by atoms with van der Waals surface area (Å²) in [7, 11) is 0. The number of nitrogens with zero attached hydrogens (tertiary/aromatic N) is 1. The minimum atomic E-state index is -0.496. The molecule has 0 aliphatic rings. The van der Waals surface area contributed by atoms with Gasteiger partial charge >= 0.3 is 5.00 Å². The average Bonchev–Trinajstić information content (AvgIpc) is 3.00. The van der Waals surface area contributed by atoms with Gasteiger partial charge in [-0.15, -0.1) is 11.3 Å². The highest BCUT2D eigenvalue weighted by Crippen LogP contribution is 2.24. The molecule has 0 aliphatic carbocycles. The van der Waals surface area contributed by atoms with Crippen molar-refractivity contribution in [3.8, 4) is 0 Å². The molecule has 94 valence electrons. The number of hydrogen-bond acceptors (Lipinski definition) is 5. The number of carbonyl (C=O) groups is 1. The Bertz CT molecular complexity index is 563. The summed E-state index contributed by atoms with van der Waals surface area (Å²) in [6.45, 7) is 1.88. The predicted octanol–water partition coefficient (Wildman–Crippen LogP) is 3.21. The highest BCUT2D eigenvalue weighted by molar-refractivity contribution is 7.13. The van der Waals surface area contributed by atoms with Crippen LogP contribution in [0.4, 0.5) is 5.00 Å². The SMILES string of the molecule is C[C@H](NC(=O)c1csc([N+](=O)[O-])c1)c1cccs1. The fourth-order valence-electron chi connectivity index (χ4n) is 1.43. The Labute approximate surface area is 111 Å². The topological polar surface area (TPSA) is 72.2 Å². The molecule has 1 N–H and O–H groups in total. The zero-order valence-electron chi connectivity index (χ0n) is 9.45. The highest BCUT2D eigenvalue weighted by Gasteiger charge is 2.17. The summed E-state index contributed by atoms with van der Waals surface area (Å²) in [4.78, 5) is 22.9. The molecule has 18 heavy (non-hydrogen) atoms. The third kappa shape index (κ3) is 2.74. The summed E-state index contributed by atoms with van der Waals surface area (Å²) < 4.78 is 0. The van der Waals surface area contributed by atoms with E-state index in [2.05, 4.69) is 5.32 Å². The van der Waals surface area contributed by atoms with Crippen LogP contribution in [-0.4, -0.2) is 10.8 Å². The van der Waals surface area contributed by atoms with Crippen LogP contribution in [-0.2, 0) is 0 Å². The molecule has 2 rings (SSSR count). The molecule has 1 atom stereocenters. The van der Waals surface area contributed by atoms with Gasteiger partial charge in [0, 0.05) is 16.3 Å². The van der Waals surface area contributed by atoms with Gasteiger partial charge in [-0.3, -0.25) is 14.9 Å². The number of thiophene rings is 2. The van der Waals surface area contributed by atoms with Crippen molar-refractivity contribution in [2.45, 2.75) is 13.0 Å². The lowest BCUT2D eigenvalue weighted by atomic mass is 10.2. The molecule has 0 bridgehead atoms. The standard InChI is InChI=1S/C11H10N2O3S2/c1-7(9-3-2-4-17-9)12-11(14)8-5-10(13(15)16)18-6-8/h2-7H,1H3,(H,12,14)/t7-/m0/s1. The highest BCUT2D eigenvalue weighted by atomic mass is 32.1. The molecule has 1 amide bonds. The van der Waals surface area contributed by atoms with Crippen molar-refractivity contribution in [2.24, 2.45) is 0 Å². The zero-order valence-corrected chi connectivity index (χ0v) is 11.1. The third-order valence-corrected chi connectivity index (χ3v) is 4.28. The normalized spacial score (nSPS) is 12.1. The minimum absolute atomic E-state index is 0.0241. The molecular formula is C11H10N2O3S2. The van der Waals surface area contributed by atoms with Crippen LogP contribution in [0.5, 0.6) is 0 Å². The largest absolute Gasteiger partial charge is 0.345 e. The third-order valence-electron chi connectivity index (χ3n) is 2.35. The van der Waals surface area contributed by atoms with Crippen molar-refractivity contribution in [3.63, 3.8) is 0 Å². The first-order chi connectivity index (χ1) is 8.58. The molecule has 7 heteroatoms. The molecule has 2 aromatic heterocycles. The van der Waals surface area contributed by atoms with Crippen molar-refractivity contribution >= 4 is 33.6 Å². The van der Waals surface area contributed by atoms with E-state index in [-0.39, 0.29) is 17.0 Å². The fraction of sp³-hybridized carbons (Fsp3) is 0.182. The van der Waals surface area contributed by atoms with Crippen LogP contribution < -0.4 is 5.32 Å². The van der Waals surface area contributed by atoms with Crippen LogP contribution >= 0.6 is 22.7 Å². The first-order valence-electron chi connectivity index (χ1n) is 5.15. The Morgan fingerprint density at radius 3 is 2.83 bits per heavy atom. The van der Waals surface area contributed by atoms with E-state index in [1.807, 2.05) is 24.4 Å². The van der Waals surface area contributed by atoms with E-state index in [1.54, 1.807) is 11.3 Å². The molecule has 5 nitrogen and oxygen atoms in total. The number of hydrogen-bond donors (Lipinski definition) is 1. The van der Waals surface area contributed by atoms with Crippen LogP contribution in [0.25, 0.3) is 0 Å². The van der Waals surface area contributed by atoms with Crippen molar-refractivity contribution in [3.05, 3.63) is 49.5 Å². The Kier molecular flexibility index (Phi) is 3.73. The molecule has 2 aromatic rings. The van der Waals surface area contributed by atoms with E-state index in [0.717, 1.165) is 16.2 Å². The summed E-state index contributed by atoms with van der Waals surface area (Å²) in [6, 6.07) is 5.04. The lowest BCUT2D eigenvalue weighted by Gasteiger charge is -2.10. The maximum Gasteiger partial charge on any atom is 0.324 e. The van der Waals surface area contributed by atoms with Gasteiger partial charge in [0.05, 0.1) is 16.5 Å². The van der Waals surface area contributed by atoms with Crippen molar-refractivity contribution in [1.29, 1.82) is 0 Å². The number of nitro groups is 1. The molecule has 0 aromatic carbocycles. The van der Waals surface area contributed by atoms with Gasteiger partial charge in [-0.1, -0.05) is 17.4 Å². The van der Waals surface area contributed by atoms with E-state index in [1.165, 1.54) is 11.4 Å². The molecule has 0 fully saturated rings. The summed E-state index contributed by atoms with van der Waals surface area (Å²) in [5, 5.41) is 16.7. The minimum Gasteiger partial charge on any atom is -0.345 e. The fourth-order valence-corrected chi connectivity index (χ4v) is 2.87. The van der Waals surface area contributed by atoms with E-state index < -0.39 is 4.92 Å². The lowest BCUT2D eigenvalue weighted by molar-refractivity contribution is -0.380. The van der Waals surface area contributed by atoms with E-state index in [9.17, 15) is 14.9 Å². The van der Waals surface area contributed by atoms with E-state index >= 15 is 0 Å². The predicted molar refractivity (Wildman–Crippen MR) is 71.2 cm³/mol. The summed E-state index contributed by atoms with van der Waals surface area (Å²) in [5.74, 6) is -0.291. The van der Waals surface area contributed by atoms with Crippen LogP contribution in [0.3, 0.4) is 0 Å². The maximum absolute atomic E-state index is 11.9. The second kappa shape index (κ2) is 5.28. The molecule has 0 saturated carbocycles. The second-order valence-corrected chi connectivity index (χ2v) is 5.51. The number of nitrogens with one attached hydrogen (secondary N) is 1. The van der Waals surface area contributed by atoms with Crippen molar-refractivity contribution < 1.29 is 9.72 Å². The molecule has 0 spiro atoms. The van der Waals surface area contributed by atoms with Gasteiger partial charge in [0.15, 0.2) is 0 Å². The van der Waals surface area contributed by atoms with Gasteiger partial charge in [0.25, 0.3) is 5.91 Å². The lowest BCUT2D eigenvalue weighted by Crippen LogP contribution is -2.25. The Morgan fingerprint density at radius 2 is 2.28 bits per heavy atom. The van der Waals surface area contributed by atoms with E-state index in [4.69, 9.17) is 0 Å². The van der Waals surface area contributed by atoms with Gasteiger partial charge in [0.1, 0.15) is 0 Å². The van der Waals surface area contributed by atoms with Gasteiger partial charge in [-0.2, -0.15) is 0 Å². The average molecular weight is 282 g/mol. The van der Waals surface area contributed by atoms with Crippen LogP contribution in [0.1, 0.15) is 28.2 Å². The first kappa shape index (κ1) is 12.7. The van der Waals surface area contributed by atoms with Gasteiger partial charge < -0.3 is 5.32 Å². The summed E-state index contributed by atoms with van der Waals surface area (Å²) in [5.41, 5.74) is 0.329. The zero-order chi connectivity index (χ0) is 13.1. The summed E-state index contributed by atoms with van der Waals surface area (Å²) >= 11 is 2.51. The van der Waals surface area contributed by atoms with Gasteiger partial charge in [0.2, 0.25) is 0 Å². The van der Waals surface area contributed by atoms with Crippen LogP contribution in [0.2, 0.25) is 0 Å². The van der Waals surface area contributed by atoms with Crippen molar-refractivity contribution in [2.75, 3.05) is 0 Å². The Hall–Kier alpha value is -1.73. The second-order valence-electron chi connectivity index (χ2n) is 3.64. The van der Waals surface area contributed by atoms with E-state index in [0.29, 0.717) is 5.56 Å². The molecule has 0 radical (unpaired) electrons.